The third kappa shape index (κ3) is 2.07. The summed E-state index contributed by atoms with van der Waals surface area (Å²) in [5, 5.41) is 13.7. The number of nitrogens with one attached hydrogen (secondary N) is 1. The first-order valence-electron chi connectivity index (χ1n) is 4.79. The van der Waals surface area contributed by atoms with Crippen molar-refractivity contribution in [3.63, 3.8) is 0 Å². The van der Waals surface area contributed by atoms with Crippen molar-refractivity contribution in [1.29, 1.82) is 0 Å². The topological polar surface area (TPSA) is 64.4 Å². The molecule has 80 valence electrons. The number of benzene rings is 1. The molecule has 1 N–H and O–H groups in total. The zero-order valence-corrected chi connectivity index (χ0v) is 8.40. The number of rotatable bonds is 3. The van der Waals surface area contributed by atoms with Crippen LogP contribution in [0.4, 0.5) is 5.69 Å². The van der Waals surface area contributed by atoms with Gasteiger partial charge in [0.1, 0.15) is 11.9 Å². The van der Waals surface area contributed by atoms with E-state index in [0.29, 0.717) is 5.75 Å². The molecule has 1 aromatic carbocycles. The molecule has 1 heterocycles. The maximum absolute atomic E-state index is 10.6. The number of hydrogen-bond donors (Lipinski definition) is 1. The first-order chi connectivity index (χ1) is 7.16. The van der Waals surface area contributed by atoms with Crippen LogP contribution < -0.4 is 10.1 Å². The number of nitro benzene ring substituents is 1. The first-order valence-corrected chi connectivity index (χ1v) is 4.79. The Bertz CT molecular complexity index is 388. The standard InChI is InChI=1S/C10H12N2O3/c1-7-2-3-8(12(13)14)4-10(7)15-9-5-11-6-9/h2-4,9,11H,5-6H2,1H3. The average Bonchev–Trinajstić information content (AvgIpc) is 2.13. The number of non-ortho nitro benzene ring substituents is 1. The second-order valence-electron chi connectivity index (χ2n) is 3.61. The zero-order chi connectivity index (χ0) is 10.8. The van der Waals surface area contributed by atoms with Gasteiger partial charge < -0.3 is 10.1 Å². The molecule has 0 radical (unpaired) electrons. The molecule has 2 rings (SSSR count). The lowest BCUT2D eigenvalue weighted by Crippen LogP contribution is -2.50. The van der Waals surface area contributed by atoms with Crippen LogP contribution >= 0.6 is 0 Å². The highest BCUT2D eigenvalue weighted by atomic mass is 16.6. The Morgan fingerprint density at radius 3 is 2.80 bits per heavy atom. The van der Waals surface area contributed by atoms with Crippen molar-refractivity contribution in [3.05, 3.63) is 33.9 Å². The predicted molar refractivity (Wildman–Crippen MR) is 55.1 cm³/mol. The fraction of sp³-hybridized carbons (Fsp3) is 0.400. The molecule has 0 unspecified atom stereocenters. The molecule has 0 saturated carbocycles. The van der Waals surface area contributed by atoms with Gasteiger partial charge >= 0.3 is 0 Å². The van der Waals surface area contributed by atoms with Crippen LogP contribution in [0.2, 0.25) is 0 Å². The minimum atomic E-state index is -0.411. The molecule has 1 fully saturated rings. The summed E-state index contributed by atoms with van der Waals surface area (Å²) in [6, 6.07) is 4.68. The lowest BCUT2D eigenvalue weighted by molar-refractivity contribution is -0.385. The lowest BCUT2D eigenvalue weighted by Gasteiger charge is -2.28. The van der Waals surface area contributed by atoms with Gasteiger partial charge in [0, 0.05) is 19.2 Å². The highest BCUT2D eigenvalue weighted by Crippen LogP contribution is 2.25. The summed E-state index contributed by atoms with van der Waals surface area (Å²) in [6.45, 7) is 3.50. The summed E-state index contributed by atoms with van der Waals surface area (Å²) >= 11 is 0. The van der Waals surface area contributed by atoms with Crippen LogP contribution in [0, 0.1) is 17.0 Å². The molecular weight excluding hydrogens is 196 g/mol. The Kier molecular flexibility index (Phi) is 2.55. The highest BCUT2D eigenvalue weighted by molar-refractivity contribution is 5.43. The van der Waals surface area contributed by atoms with Crippen LogP contribution in [0.25, 0.3) is 0 Å². The van der Waals surface area contributed by atoms with Gasteiger partial charge in [0.15, 0.2) is 0 Å². The molecule has 0 aliphatic carbocycles. The fourth-order valence-electron chi connectivity index (χ4n) is 1.35. The second kappa shape index (κ2) is 3.86. The van der Waals surface area contributed by atoms with Gasteiger partial charge in [-0.25, -0.2) is 0 Å². The molecule has 0 bridgehead atoms. The molecular formula is C10H12N2O3. The fourth-order valence-corrected chi connectivity index (χ4v) is 1.35. The van der Waals surface area contributed by atoms with Crippen LogP contribution in [0.15, 0.2) is 18.2 Å². The Morgan fingerprint density at radius 2 is 2.27 bits per heavy atom. The first kappa shape index (κ1) is 9.92. The summed E-state index contributed by atoms with van der Waals surface area (Å²) in [6.07, 6.45) is 0.144. The van der Waals surface area contributed by atoms with E-state index in [4.69, 9.17) is 4.74 Å². The van der Waals surface area contributed by atoms with E-state index in [0.717, 1.165) is 18.7 Å². The average molecular weight is 208 g/mol. The lowest BCUT2D eigenvalue weighted by atomic mass is 10.2. The van der Waals surface area contributed by atoms with E-state index in [9.17, 15) is 10.1 Å². The molecule has 5 heteroatoms. The molecule has 1 aliphatic rings. The Labute approximate surface area is 87.2 Å². The minimum Gasteiger partial charge on any atom is -0.487 e. The number of nitrogens with zero attached hydrogens (tertiary/aromatic N) is 1. The van der Waals surface area contributed by atoms with Gasteiger partial charge in [-0.15, -0.1) is 0 Å². The van der Waals surface area contributed by atoms with E-state index >= 15 is 0 Å². The third-order valence-electron chi connectivity index (χ3n) is 2.42. The van der Waals surface area contributed by atoms with Gasteiger partial charge in [0.05, 0.1) is 11.0 Å². The second-order valence-corrected chi connectivity index (χ2v) is 3.61. The number of hydrogen-bond acceptors (Lipinski definition) is 4. The van der Waals surface area contributed by atoms with E-state index in [1.807, 2.05) is 6.92 Å². The van der Waals surface area contributed by atoms with Gasteiger partial charge in [-0.05, 0) is 18.6 Å². The van der Waals surface area contributed by atoms with Crippen molar-refractivity contribution in [2.75, 3.05) is 13.1 Å². The van der Waals surface area contributed by atoms with Crippen molar-refractivity contribution in [2.45, 2.75) is 13.0 Å². The van der Waals surface area contributed by atoms with Crippen LogP contribution in [-0.2, 0) is 0 Å². The maximum atomic E-state index is 10.6. The quantitative estimate of drug-likeness (QED) is 0.599. The predicted octanol–water partition coefficient (Wildman–Crippen LogP) is 1.25. The van der Waals surface area contributed by atoms with E-state index in [-0.39, 0.29) is 11.8 Å². The molecule has 15 heavy (non-hydrogen) atoms. The summed E-state index contributed by atoms with van der Waals surface area (Å²) in [4.78, 5) is 10.2. The molecule has 5 nitrogen and oxygen atoms in total. The van der Waals surface area contributed by atoms with Crippen LogP contribution in [-0.4, -0.2) is 24.1 Å². The number of aryl methyl sites for hydroxylation is 1. The van der Waals surface area contributed by atoms with Crippen LogP contribution in [0.1, 0.15) is 5.56 Å². The van der Waals surface area contributed by atoms with Gasteiger partial charge in [-0.1, -0.05) is 0 Å². The number of nitro groups is 1. The van der Waals surface area contributed by atoms with Crippen LogP contribution in [0.5, 0.6) is 5.75 Å². The minimum absolute atomic E-state index is 0.0721. The van der Waals surface area contributed by atoms with E-state index in [2.05, 4.69) is 5.32 Å². The smallest absolute Gasteiger partial charge is 0.273 e. The van der Waals surface area contributed by atoms with Crippen molar-refractivity contribution in [3.8, 4) is 5.75 Å². The van der Waals surface area contributed by atoms with E-state index < -0.39 is 4.92 Å². The molecule has 1 aromatic rings. The zero-order valence-electron chi connectivity index (χ0n) is 8.40. The maximum Gasteiger partial charge on any atom is 0.273 e. The van der Waals surface area contributed by atoms with Crippen molar-refractivity contribution in [2.24, 2.45) is 0 Å². The monoisotopic (exact) mass is 208 g/mol. The molecule has 0 atom stereocenters. The summed E-state index contributed by atoms with van der Waals surface area (Å²) in [5.41, 5.74) is 0.996. The summed E-state index contributed by atoms with van der Waals surface area (Å²) in [5.74, 6) is 0.607. The normalized spacial score (nSPS) is 15.8. The van der Waals surface area contributed by atoms with Crippen molar-refractivity contribution >= 4 is 5.69 Å². The van der Waals surface area contributed by atoms with Crippen LogP contribution in [0.3, 0.4) is 0 Å². The van der Waals surface area contributed by atoms with Gasteiger partial charge in [0.2, 0.25) is 0 Å². The Morgan fingerprint density at radius 1 is 1.53 bits per heavy atom. The van der Waals surface area contributed by atoms with Crippen molar-refractivity contribution in [1.82, 2.24) is 5.32 Å². The summed E-state index contributed by atoms with van der Waals surface area (Å²) in [7, 11) is 0. The van der Waals surface area contributed by atoms with E-state index in [1.54, 1.807) is 6.07 Å². The Balaban J connectivity index is 2.19. The van der Waals surface area contributed by atoms with Gasteiger partial charge in [-0.3, -0.25) is 10.1 Å². The Hall–Kier alpha value is -1.62. The molecule has 1 aliphatic heterocycles. The summed E-state index contributed by atoms with van der Waals surface area (Å²) < 4.78 is 5.60. The highest BCUT2D eigenvalue weighted by Gasteiger charge is 2.20. The van der Waals surface area contributed by atoms with Gasteiger partial charge in [-0.2, -0.15) is 0 Å². The van der Waals surface area contributed by atoms with Gasteiger partial charge in [0.25, 0.3) is 5.69 Å². The largest absolute Gasteiger partial charge is 0.487 e. The van der Waals surface area contributed by atoms with Crippen molar-refractivity contribution < 1.29 is 9.66 Å². The SMILES string of the molecule is Cc1ccc([N+](=O)[O-])cc1OC1CNC1. The molecule has 0 spiro atoms. The molecule has 0 amide bonds. The third-order valence-corrected chi connectivity index (χ3v) is 2.42. The number of ether oxygens (including phenoxy) is 1. The molecule has 1 saturated heterocycles. The molecule has 0 aromatic heterocycles. The van der Waals surface area contributed by atoms with E-state index in [1.165, 1.54) is 12.1 Å².